The van der Waals surface area contributed by atoms with Gasteiger partial charge in [0.15, 0.2) is 0 Å². The first-order chi connectivity index (χ1) is 15.8. The summed E-state index contributed by atoms with van der Waals surface area (Å²) in [5.41, 5.74) is 11.8. The number of hydrogen-bond acceptors (Lipinski definition) is 1. The van der Waals surface area contributed by atoms with Gasteiger partial charge in [-0.1, -0.05) is 84.9 Å². The van der Waals surface area contributed by atoms with Crippen LogP contribution in [0.1, 0.15) is 0 Å². The molecule has 0 aliphatic heterocycles. The summed E-state index contributed by atoms with van der Waals surface area (Å²) in [4.78, 5) is 3.64. The molecule has 1 heterocycles. The molecule has 0 spiro atoms. The van der Waals surface area contributed by atoms with Gasteiger partial charge in [0.2, 0.25) is 0 Å². The molecule has 0 aliphatic rings. The van der Waals surface area contributed by atoms with E-state index in [0.29, 0.717) is 0 Å². The lowest BCUT2D eigenvalue weighted by atomic mass is 9.89. The molecule has 0 unspecified atom stereocenters. The van der Waals surface area contributed by atoms with Crippen LogP contribution < -0.4 is 5.73 Å². The summed E-state index contributed by atoms with van der Waals surface area (Å²) in [6.45, 7) is 0. The molecule has 2 nitrogen and oxygen atoms in total. The summed E-state index contributed by atoms with van der Waals surface area (Å²) in [6, 6.07) is 36.6. The molecule has 0 amide bonds. The van der Waals surface area contributed by atoms with E-state index in [1.54, 1.807) is 0 Å². The summed E-state index contributed by atoms with van der Waals surface area (Å²) >= 11 is 0. The quantitative estimate of drug-likeness (QED) is 0.209. The second kappa shape index (κ2) is 6.35. The molecule has 0 saturated heterocycles. The number of aromatic nitrogens is 1. The molecule has 32 heavy (non-hydrogen) atoms. The minimum Gasteiger partial charge on any atom is -0.398 e. The highest BCUT2D eigenvalue weighted by Crippen LogP contribution is 2.43. The Kier molecular flexibility index (Phi) is 3.45. The van der Waals surface area contributed by atoms with Gasteiger partial charge < -0.3 is 10.7 Å². The van der Waals surface area contributed by atoms with Crippen molar-refractivity contribution in [2.24, 2.45) is 0 Å². The number of aromatic amines is 1. The molecule has 150 valence electrons. The molecule has 3 N–H and O–H groups in total. The number of para-hydroxylation sites is 2. The molecule has 0 saturated carbocycles. The van der Waals surface area contributed by atoms with Crippen LogP contribution in [0, 0.1) is 0 Å². The molecule has 2 heteroatoms. The third-order valence-corrected chi connectivity index (χ3v) is 6.74. The van der Waals surface area contributed by atoms with Gasteiger partial charge in [0.25, 0.3) is 0 Å². The zero-order valence-electron chi connectivity index (χ0n) is 17.4. The van der Waals surface area contributed by atoms with Crippen molar-refractivity contribution >= 4 is 59.8 Å². The van der Waals surface area contributed by atoms with Gasteiger partial charge in [0.1, 0.15) is 0 Å². The van der Waals surface area contributed by atoms with E-state index in [-0.39, 0.29) is 0 Å². The van der Waals surface area contributed by atoms with Crippen LogP contribution >= 0.6 is 0 Å². The number of fused-ring (bicyclic) bond motifs is 9. The Bertz CT molecular complexity index is 1840. The average Bonchev–Trinajstić information content (AvgIpc) is 3.22. The minimum absolute atomic E-state index is 0.794. The molecule has 0 fully saturated rings. The standard InChI is InChI=1S/C30H20N2/c31-26-11-5-3-9-21(26)25-17-28-30(23-10-4-6-12-27(23)32-28)24-16-15-20-19-8-2-1-7-18(19)13-14-22(20)29(24)25/h1-17,32H,31H2. The van der Waals surface area contributed by atoms with Gasteiger partial charge in [-0.2, -0.15) is 0 Å². The fourth-order valence-corrected chi connectivity index (χ4v) is 5.32. The average molecular weight is 409 g/mol. The van der Waals surface area contributed by atoms with E-state index in [1.165, 1.54) is 43.1 Å². The van der Waals surface area contributed by atoms with Gasteiger partial charge >= 0.3 is 0 Å². The van der Waals surface area contributed by atoms with Gasteiger partial charge in [-0.25, -0.2) is 0 Å². The van der Waals surface area contributed by atoms with Gasteiger partial charge in [-0.05, 0) is 56.1 Å². The summed E-state index contributed by atoms with van der Waals surface area (Å²) in [5.74, 6) is 0. The van der Waals surface area contributed by atoms with Crippen LogP contribution in [-0.4, -0.2) is 4.98 Å². The summed E-state index contributed by atoms with van der Waals surface area (Å²) in [7, 11) is 0. The van der Waals surface area contributed by atoms with Crippen LogP contribution in [0.3, 0.4) is 0 Å². The largest absolute Gasteiger partial charge is 0.398 e. The highest BCUT2D eigenvalue weighted by molar-refractivity contribution is 6.30. The van der Waals surface area contributed by atoms with Crippen LogP contribution in [0.2, 0.25) is 0 Å². The second-order valence-electron chi connectivity index (χ2n) is 8.47. The van der Waals surface area contributed by atoms with Crippen LogP contribution in [0.4, 0.5) is 5.69 Å². The van der Waals surface area contributed by atoms with E-state index in [2.05, 4.69) is 96.0 Å². The SMILES string of the molecule is Nc1ccccc1-c1cc2[nH]c3ccccc3c2c2ccc3c4ccccc4ccc3c12. The van der Waals surface area contributed by atoms with E-state index in [4.69, 9.17) is 5.73 Å². The Morgan fingerprint density at radius 1 is 0.469 bits per heavy atom. The highest BCUT2D eigenvalue weighted by Gasteiger charge is 2.17. The Balaban J connectivity index is 1.78. The maximum Gasteiger partial charge on any atom is 0.0477 e. The Labute approximate surface area is 184 Å². The Morgan fingerprint density at radius 3 is 2.09 bits per heavy atom. The highest BCUT2D eigenvalue weighted by atomic mass is 14.7. The maximum atomic E-state index is 6.49. The maximum absolute atomic E-state index is 6.49. The van der Waals surface area contributed by atoms with Crippen LogP contribution in [0.5, 0.6) is 0 Å². The first-order valence-corrected chi connectivity index (χ1v) is 10.9. The first-order valence-electron chi connectivity index (χ1n) is 10.9. The molecule has 0 atom stereocenters. The number of nitrogens with one attached hydrogen (secondary N) is 1. The number of hydrogen-bond donors (Lipinski definition) is 2. The number of H-pyrrole nitrogens is 1. The summed E-state index contributed by atoms with van der Waals surface area (Å²) in [6.07, 6.45) is 0. The van der Waals surface area contributed by atoms with Crippen molar-refractivity contribution in [1.29, 1.82) is 0 Å². The van der Waals surface area contributed by atoms with Gasteiger partial charge in [-0.15, -0.1) is 0 Å². The van der Waals surface area contributed by atoms with Crippen molar-refractivity contribution in [2.75, 3.05) is 5.73 Å². The molecular formula is C30H20N2. The predicted molar refractivity (Wildman–Crippen MR) is 138 cm³/mol. The Hall–Kier alpha value is -4.30. The van der Waals surface area contributed by atoms with Crippen molar-refractivity contribution in [1.82, 2.24) is 4.98 Å². The van der Waals surface area contributed by atoms with Crippen molar-refractivity contribution < 1.29 is 0 Å². The molecule has 0 aliphatic carbocycles. The zero-order chi connectivity index (χ0) is 21.2. The molecule has 1 aromatic heterocycles. The predicted octanol–water partition coefficient (Wildman–Crippen LogP) is 8.03. The third-order valence-electron chi connectivity index (χ3n) is 6.74. The molecule has 6 aromatic carbocycles. The number of nitrogens with two attached hydrogens (primary N) is 1. The number of benzene rings is 6. The monoisotopic (exact) mass is 408 g/mol. The summed E-state index contributed by atoms with van der Waals surface area (Å²) in [5, 5.41) is 10.1. The van der Waals surface area contributed by atoms with Crippen LogP contribution in [-0.2, 0) is 0 Å². The fourth-order valence-electron chi connectivity index (χ4n) is 5.32. The van der Waals surface area contributed by atoms with E-state index in [9.17, 15) is 0 Å². The lowest BCUT2D eigenvalue weighted by molar-refractivity contribution is 1.55. The van der Waals surface area contributed by atoms with Crippen molar-refractivity contribution in [2.45, 2.75) is 0 Å². The first kappa shape index (κ1) is 17.4. The lowest BCUT2D eigenvalue weighted by Gasteiger charge is -2.15. The van der Waals surface area contributed by atoms with Gasteiger partial charge in [0, 0.05) is 33.1 Å². The van der Waals surface area contributed by atoms with Gasteiger partial charge in [-0.3, -0.25) is 0 Å². The third kappa shape index (κ3) is 2.29. The molecule has 7 aromatic rings. The number of rotatable bonds is 1. The smallest absolute Gasteiger partial charge is 0.0477 e. The van der Waals surface area contributed by atoms with Gasteiger partial charge in [0.05, 0.1) is 0 Å². The summed E-state index contributed by atoms with van der Waals surface area (Å²) < 4.78 is 0. The van der Waals surface area contributed by atoms with E-state index < -0.39 is 0 Å². The van der Waals surface area contributed by atoms with E-state index in [0.717, 1.165) is 27.8 Å². The minimum atomic E-state index is 0.794. The van der Waals surface area contributed by atoms with Crippen molar-refractivity contribution in [3.8, 4) is 11.1 Å². The molecule has 0 bridgehead atoms. The fraction of sp³-hybridized carbons (Fsp3) is 0. The van der Waals surface area contributed by atoms with Crippen molar-refractivity contribution in [3.05, 3.63) is 103 Å². The Morgan fingerprint density at radius 2 is 1.19 bits per heavy atom. The number of anilines is 1. The second-order valence-corrected chi connectivity index (χ2v) is 8.47. The molecular weight excluding hydrogens is 388 g/mol. The topological polar surface area (TPSA) is 41.8 Å². The van der Waals surface area contributed by atoms with E-state index in [1.807, 2.05) is 12.1 Å². The lowest BCUT2D eigenvalue weighted by Crippen LogP contribution is -1.92. The van der Waals surface area contributed by atoms with Crippen LogP contribution in [0.15, 0.2) is 103 Å². The molecule has 0 radical (unpaired) electrons. The normalized spacial score (nSPS) is 11.9. The van der Waals surface area contributed by atoms with E-state index >= 15 is 0 Å². The van der Waals surface area contributed by atoms with Crippen LogP contribution in [0.25, 0.3) is 65.3 Å². The zero-order valence-corrected chi connectivity index (χ0v) is 17.4. The van der Waals surface area contributed by atoms with Crippen molar-refractivity contribution in [3.63, 3.8) is 0 Å². The number of nitrogen functional groups attached to an aromatic ring is 1. The molecule has 7 rings (SSSR count).